The summed E-state index contributed by atoms with van der Waals surface area (Å²) in [7, 11) is 1.14. The number of hydrogen-bond donors (Lipinski definition) is 0. The molecule has 0 amide bonds. The number of ether oxygens (including phenoxy) is 2. The van der Waals surface area contributed by atoms with Crippen molar-refractivity contribution < 1.29 is 42.1 Å². The molecule has 9 nitrogen and oxygen atoms in total. The molecule has 0 spiro atoms. The number of quaternary nitrogens is 1. The van der Waals surface area contributed by atoms with E-state index < -0.39 is 32.5 Å². The van der Waals surface area contributed by atoms with Gasteiger partial charge in [-0.1, -0.05) is 195 Å². The molecule has 0 aliphatic heterocycles. The summed E-state index contributed by atoms with van der Waals surface area (Å²) in [6.45, 7) is 4.07. The molecule has 0 aromatic rings. The minimum Gasteiger partial charge on any atom is -0.756 e. The fraction of sp³-hybridized carbons (Fsp3) is 0.690. The fourth-order valence-electron chi connectivity index (χ4n) is 6.92. The molecule has 0 heterocycles. The summed E-state index contributed by atoms with van der Waals surface area (Å²) in [5.41, 5.74) is 0. The lowest BCUT2D eigenvalue weighted by Gasteiger charge is -2.28. The van der Waals surface area contributed by atoms with Gasteiger partial charge in [0.05, 0.1) is 27.7 Å². The number of carbonyl (C=O) groups excluding carboxylic acids is 2. The number of likely N-dealkylation sites (N-methyl/N-ethyl adjacent to an activating group) is 1. The number of unbranched alkanes of at least 4 members (excludes halogenated alkanes) is 18. The quantitative estimate of drug-likeness (QED) is 0.0195. The maximum atomic E-state index is 12.8. The van der Waals surface area contributed by atoms with Gasteiger partial charge in [-0.25, -0.2) is 0 Å². The third-order valence-corrected chi connectivity index (χ3v) is 12.1. The molecule has 0 rings (SSSR count). The highest BCUT2D eigenvalue weighted by molar-refractivity contribution is 7.45. The van der Waals surface area contributed by atoms with Crippen molar-refractivity contribution in [1.29, 1.82) is 0 Å². The molecule has 2 unspecified atom stereocenters. The average Bonchev–Trinajstić information content (AvgIpc) is 3.30. The molecular formula is C58H100NO8P. The van der Waals surface area contributed by atoms with E-state index in [1.165, 1.54) is 57.8 Å². The van der Waals surface area contributed by atoms with Crippen molar-refractivity contribution in [2.75, 3.05) is 47.5 Å². The summed E-state index contributed by atoms with van der Waals surface area (Å²) >= 11 is 0. The van der Waals surface area contributed by atoms with Crippen molar-refractivity contribution >= 4 is 19.8 Å². The van der Waals surface area contributed by atoms with E-state index in [2.05, 4.69) is 111 Å². The Morgan fingerprint density at radius 1 is 0.471 bits per heavy atom. The molecule has 68 heavy (non-hydrogen) atoms. The maximum Gasteiger partial charge on any atom is 0.306 e. The molecule has 0 fully saturated rings. The molecule has 0 aromatic carbocycles. The molecule has 0 N–H and O–H groups in total. The largest absolute Gasteiger partial charge is 0.756 e. The van der Waals surface area contributed by atoms with Crippen LogP contribution in [0.4, 0.5) is 0 Å². The number of nitrogens with zero attached hydrogens (tertiary/aromatic N) is 1. The van der Waals surface area contributed by atoms with Crippen molar-refractivity contribution in [1.82, 2.24) is 0 Å². The van der Waals surface area contributed by atoms with Crippen LogP contribution in [0.25, 0.3) is 0 Å². The Kier molecular flexibility index (Phi) is 46.7. The molecule has 0 saturated carbocycles. The molecule has 10 heteroatoms. The monoisotopic (exact) mass is 970 g/mol. The van der Waals surface area contributed by atoms with Gasteiger partial charge in [-0.2, -0.15) is 0 Å². The first-order valence-corrected chi connectivity index (χ1v) is 28.4. The molecule has 0 saturated heterocycles. The van der Waals surface area contributed by atoms with Gasteiger partial charge in [0.1, 0.15) is 19.8 Å². The third kappa shape index (κ3) is 52.3. The van der Waals surface area contributed by atoms with Crippen LogP contribution in [-0.2, 0) is 32.7 Å². The van der Waals surface area contributed by atoms with Crippen LogP contribution in [-0.4, -0.2) is 70.0 Å². The van der Waals surface area contributed by atoms with Crippen LogP contribution in [0.1, 0.15) is 206 Å². The Morgan fingerprint density at radius 3 is 1.25 bits per heavy atom. The first-order chi connectivity index (χ1) is 33.0. The summed E-state index contributed by atoms with van der Waals surface area (Å²) in [6.07, 6.45) is 65.8. The number of phosphoric ester groups is 1. The SMILES string of the molecule is CC/C=C\C/C=C\C/C=C\C/C=C\C/C=C\CCCCCCCCCC(=O)OC(COC(=O)CCCCCCCC/C=C\C/C=C\C/C=C\CCCCCCC)COP(=O)([O-])OCC[N+](C)(C)C. The summed E-state index contributed by atoms with van der Waals surface area (Å²) in [5, 5.41) is 0. The molecule has 2 atom stereocenters. The highest BCUT2D eigenvalue weighted by atomic mass is 31.2. The van der Waals surface area contributed by atoms with E-state index in [4.69, 9.17) is 18.5 Å². The number of esters is 2. The average molecular weight is 970 g/mol. The lowest BCUT2D eigenvalue weighted by atomic mass is 10.1. The van der Waals surface area contributed by atoms with Gasteiger partial charge < -0.3 is 27.9 Å². The molecule has 0 bridgehead atoms. The minimum absolute atomic E-state index is 0.0410. The van der Waals surface area contributed by atoms with Gasteiger partial charge in [-0.3, -0.25) is 14.2 Å². The predicted molar refractivity (Wildman–Crippen MR) is 286 cm³/mol. The lowest BCUT2D eigenvalue weighted by Crippen LogP contribution is -2.37. The van der Waals surface area contributed by atoms with Gasteiger partial charge >= 0.3 is 11.9 Å². The van der Waals surface area contributed by atoms with Crippen molar-refractivity contribution in [2.24, 2.45) is 0 Å². The Labute approximate surface area is 417 Å². The van der Waals surface area contributed by atoms with Crippen LogP contribution in [0.2, 0.25) is 0 Å². The van der Waals surface area contributed by atoms with Crippen LogP contribution in [0, 0.1) is 0 Å². The molecule has 0 radical (unpaired) electrons. The molecule has 0 aliphatic rings. The second kappa shape index (κ2) is 48.9. The maximum absolute atomic E-state index is 12.8. The Balaban J connectivity index is 4.31. The van der Waals surface area contributed by atoms with E-state index in [0.29, 0.717) is 23.9 Å². The highest BCUT2D eigenvalue weighted by Crippen LogP contribution is 2.38. The second-order valence-corrected chi connectivity index (χ2v) is 20.3. The van der Waals surface area contributed by atoms with Crippen LogP contribution in [0.5, 0.6) is 0 Å². The van der Waals surface area contributed by atoms with Crippen molar-refractivity contribution in [2.45, 2.75) is 213 Å². The topological polar surface area (TPSA) is 111 Å². The Morgan fingerprint density at radius 2 is 0.838 bits per heavy atom. The smallest absolute Gasteiger partial charge is 0.306 e. The zero-order valence-electron chi connectivity index (χ0n) is 44.0. The van der Waals surface area contributed by atoms with Crippen LogP contribution in [0.3, 0.4) is 0 Å². The predicted octanol–water partition coefficient (Wildman–Crippen LogP) is 15.8. The van der Waals surface area contributed by atoms with E-state index in [9.17, 15) is 19.0 Å². The zero-order valence-corrected chi connectivity index (χ0v) is 44.9. The van der Waals surface area contributed by atoms with E-state index in [1.54, 1.807) is 0 Å². The molecular weight excluding hydrogens is 870 g/mol. The first kappa shape index (κ1) is 64.9. The van der Waals surface area contributed by atoms with Gasteiger partial charge in [0.2, 0.25) is 0 Å². The number of carbonyl (C=O) groups is 2. The fourth-order valence-corrected chi connectivity index (χ4v) is 7.65. The van der Waals surface area contributed by atoms with Crippen molar-refractivity contribution in [3.8, 4) is 0 Å². The highest BCUT2D eigenvalue weighted by Gasteiger charge is 2.21. The molecule has 0 aliphatic carbocycles. The molecule has 390 valence electrons. The van der Waals surface area contributed by atoms with E-state index in [-0.39, 0.29) is 26.1 Å². The third-order valence-electron chi connectivity index (χ3n) is 11.1. The first-order valence-electron chi connectivity index (χ1n) is 26.9. The van der Waals surface area contributed by atoms with E-state index >= 15 is 0 Å². The normalized spacial score (nSPS) is 14.1. The minimum atomic E-state index is -4.65. The van der Waals surface area contributed by atoms with Crippen molar-refractivity contribution in [3.63, 3.8) is 0 Å². The summed E-state index contributed by atoms with van der Waals surface area (Å²) in [6, 6.07) is 0. The number of allylic oxidation sites excluding steroid dienone is 16. The summed E-state index contributed by atoms with van der Waals surface area (Å²) in [4.78, 5) is 37.8. The van der Waals surface area contributed by atoms with E-state index in [1.807, 2.05) is 21.1 Å². The molecule has 0 aromatic heterocycles. The van der Waals surface area contributed by atoms with Crippen LogP contribution >= 0.6 is 7.82 Å². The standard InChI is InChI=1S/C58H100NO8P/c1-6-8-10-12-14-16-18-20-22-24-26-28-29-31-33-35-37-39-41-43-45-47-49-51-58(61)67-56(55-66-68(62,63)65-53-52-59(3,4)5)54-64-57(60)50-48-46-44-42-40-38-36-34-32-30-27-25-23-21-19-17-15-13-11-9-7-2/h8,10,14,16,19-22,25-28,31-34,56H,6-7,9,11-13,15,17-18,23-24,29-30,35-55H2,1-5H3/b10-8-,16-14-,21-19-,22-20-,27-25-,28-26-,33-31-,34-32-. The summed E-state index contributed by atoms with van der Waals surface area (Å²) in [5.74, 6) is -0.867. The number of phosphoric acid groups is 1. The summed E-state index contributed by atoms with van der Waals surface area (Å²) < 4.78 is 34.1. The lowest BCUT2D eigenvalue weighted by molar-refractivity contribution is -0.870. The van der Waals surface area contributed by atoms with Crippen molar-refractivity contribution in [3.05, 3.63) is 97.2 Å². The van der Waals surface area contributed by atoms with Gasteiger partial charge in [-0.05, 0) is 96.3 Å². The van der Waals surface area contributed by atoms with Crippen LogP contribution < -0.4 is 4.89 Å². The zero-order chi connectivity index (χ0) is 49.9. The van der Waals surface area contributed by atoms with Gasteiger partial charge in [0.15, 0.2) is 6.10 Å². The van der Waals surface area contributed by atoms with Gasteiger partial charge in [0.25, 0.3) is 7.82 Å². The van der Waals surface area contributed by atoms with Gasteiger partial charge in [-0.15, -0.1) is 0 Å². The Bertz CT molecular complexity index is 1470. The van der Waals surface area contributed by atoms with Crippen LogP contribution in [0.15, 0.2) is 97.2 Å². The van der Waals surface area contributed by atoms with E-state index in [0.717, 1.165) is 109 Å². The Hall–Kier alpha value is -3.07. The number of hydrogen-bond acceptors (Lipinski definition) is 8. The second-order valence-electron chi connectivity index (χ2n) is 18.9. The van der Waals surface area contributed by atoms with Gasteiger partial charge in [0, 0.05) is 12.8 Å². The number of rotatable bonds is 48.